The molecule has 1 aliphatic carbocycles. The molecule has 25 heavy (non-hydrogen) atoms. The highest BCUT2D eigenvalue weighted by molar-refractivity contribution is 5.83. The van der Waals surface area contributed by atoms with E-state index in [0.717, 1.165) is 57.3 Å². The van der Waals surface area contributed by atoms with Crippen LogP contribution < -0.4 is 10.2 Å². The molecule has 1 aliphatic heterocycles. The number of methoxy groups -OCH3 is 1. The molecule has 0 unspecified atom stereocenters. The van der Waals surface area contributed by atoms with E-state index >= 15 is 0 Å². The van der Waals surface area contributed by atoms with Crippen LogP contribution in [0.25, 0.3) is 0 Å². The molecule has 0 atom stereocenters. The highest BCUT2D eigenvalue weighted by Gasteiger charge is 2.44. The highest BCUT2D eigenvalue weighted by Crippen LogP contribution is 2.44. The summed E-state index contributed by atoms with van der Waals surface area (Å²) in [7, 11) is 1.70. The number of ether oxygens (including phenoxy) is 1. The van der Waals surface area contributed by atoms with Gasteiger partial charge >= 0.3 is 0 Å². The van der Waals surface area contributed by atoms with Gasteiger partial charge in [0, 0.05) is 38.5 Å². The van der Waals surface area contributed by atoms with Crippen LogP contribution in [-0.2, 0) is 9.53 Å². The third-order valence-corrected chi connectivity index (χ3v) is 5.77. The van der Waals surface area contributed by atoms with Crippen molar-refractivity contribution in [2.24, 2.45) is 5.41 Å². The van der Waals surface area contributed by atoms with E-state index in [1.54, 1.807) is 7.11 Å². The maximum atomic E-state index is 12.7. The Labute approximate surface area is 150 Å². The van der Waals surface area contributed by atoms with E-state index in [1.165, 1.54) is 0 Å². The first kappa shape index (κ1) is 17.8. The molecular formula is C20H27N3O2. The van der Waals surface area contributed by atoms with Gasteiger partial charge in [0.1, 0.15) is 0 Å². The fourth-order valence-corrected chi connectivity index (χ4v) is 3.86. The summed E-state index contributed by atoms with van der Waals surface area (Å²) in [5.74, 6) is 0.229. The van der Waals surface area contributed by atoms with Crippen LogP contribution in [0, 0.1) is 16.7 Å². The van der Waals surface area contributed by atoms with Crippen LogP contribution in [0.3, 0.4) is 0 Å². The summed E-state index contributed by atoms with van der Waals surface area (Å²) < 4.78 is 5.19. The van der Waals surface area contributed by atoms with Gasteiger partial charge in [-0.2, -0.15) is 5.26 Å². The number of amides is 1. The summed E-state index contributed by atoms with van der Waals surface area (Å²) in [5.41, 5.74) is 1.66. The smallest absolute Gasteiger partial charge is 0.226 e. The number of rotatable bonds is 6. The van der Waals surface area contributed by atoms with Crippen molar-refractivity contribution in [3.63, 3.8) is 0 Å². The maximum Gasteiger partial charge on any atom is 0.226 e. The van der Waals surface area contributed by atoms with Crippen LogP contribution in [-0.4, -0.2) is 38.8 Å². The largest absolute Gasteiger partial charge is 0.385 e. The van der Waals surface area contributed by atoms with Gasteiger partial charge in [-0.15, -0.1) is 0 Å². The van der Waals surface area contributed by atoms with Gasteiger partial charge in [-0.05, 0) is 56.4 Å². The first-order valence-corrected chi connectivity index (χ1v) is 9.22. The molecule has 1 aromatic rings. The van der Waals surface area contributed by atoms with Crippen LogP contribution in [0.15, 0.2) is 24.3 Å². The van der Waals surface area contributed by atoms with Crippen molar-refractivity contribution in [3.8, 4) is 6.07 Å². The highest BCUT2D eigenvalue weighted by atomic mass is 16.5. The van der Waals surface area contributed by atoms with Gasteiger partial charge < -0.3 is 15.0 Å². The molecule has 1 heterocycles. The van der Waals surface area contributed by atoms with Crippen molar-refractivity contribution in [1.82, 2.24) is 5.32 Å². The third-order valence-electron chi connectivity index (χ3n) is 5.77. The minimum absolute atomic E-state index is 0.180. The minimum atomic E-state index is -0.180. The van der Waals surface area contributed by atoms with Crippen molar-refractivity contribution in [3.05, 3.63) is 29.8 Å². The normalized spacial score (nSPS) is 19.8. The number of nitrogens with zero attached hydrogens (tertiary/aromatic N) is 2. The van der Waals surface area contributed by atoms with E-state index < -0.39 is 0 Å². The summed E-state index contributed by atoms with van der Waals surface area (Å²) in [6, 6.07) is 10.1. The Hall–Kier alpha value is -2.06. The zero-order valence-electron chi connectivity index (χ0n) is 15.0. The summed E-state index contributed by atoms with van der Waals surface area (Å²) in [5, 5.41) is 12.2. The predicted molar refractivity (Wildman–Crippen MR) is 97.3 cm³/mol. The Morgan fingerprint density at radius 3 is 2.52 bits per heavy atom. The lowest BCUT2D eigenvalue weighted by Crippen LogP contribution is -2.52. The summed E-state index contributed by atoms with van der Waals surface area (Å²) in [6.45, 7) is 2.52. The molecule has 1 saturated heterocycles. The Bertz CT molecular complexity index is 623. The van der Waals surface area contributed by atoms with Gasteiger partial charge in [-0.1, -0.05) is 6.42 Å². The predicted octanol–water partition coefficient (Wildman–Crippen LogP) is 2.85. The second kappa shape index (κ2) is 7.88. The molecule has 0 aromatic heterocycles. The standard InChI is InChI=1S/C20H27N3O2/c1-25-14-11-20(9-2-10-20)19(24)22-17-7-12-23(13-8-17)18-5-3-16(15-21)4-6-18/h3-6,17H,2,7-14H2,1H3,(H,22,24). The number of nitrogens with one attached hydrogen (secondary N) is 1. The van der Waals surface area contributed by atoms with Crippen LogP contribution in [0.4, 0.5) is 5.69 Å². The van der Waals surface area contributed by atoms with E-state index in [1.807, 2.05) is 24.3 Å². The van der Waals surface area contributed by atoms with Gasteiger partial charge in [0.15, 0.2) is 0 Å². The second-order valence-corrected chi connectivity index (χ2v) is 7.27. The van der Waals surface area contributed by atoms with Crippen molar-refractivity contribution >= 4 is 11.6 Å². The summed E-state index contributed by atoms with van der Waals surface area (Å²) in [4.78, 5) is 15.1. The van der Waals surface area contributed by atoms with Crippen molar-refractivity contribution in [2.45, 2.75) is 44.6 Å². The molecule has 2 fully saturated rings. The number of hydrogen-bond acceptors (Lipinski definition) is 4. The monoisotopic (exact) mass is 341 g/mol. The van der Waals surface area contributed by atoms with Gasteiger partial charge in [-0.25, -0.2) is 0 Å². The quantitative estimate of drug-likeness (QED) is 0.864. The summed E-state index contributed by atoms with van der Waals surface area (Å²) in [6.07, 6.45) is 5.89. The molecule has 1 saturated carbocycles. The molecule has 3 rings (SSSR count). The first-order valence-electron chi connectivity index (χ1n) is 9.22. The van der Waals surface area contributed by atoms with E-state index in [-0.39, 0.29) is 17.4 Å². The minimum Gasteiger partial charge on any atom is -0.385 e. The average molecular weight is 341 g/mol. The lowest BCUT2D eigenvalue weighted by Gasteiger charge is -2.42. The molecule has 5 heteroatoms. The number of anilines is 1. The van der Waals surface area contributed by atoms with Gasteiger partial charge in [0.25, 0.3) is 0 Å². The molecular weight excluding hydrogens is 314 g/mol. The fraction of sp³-hybridized carbons (Fsp3) is 0.600. The van der Waals surface area contributed by atoms with Crippen molar-refractivity contribution in [2.75, 3.05) is 31.7 Å². The lowest BCUT2D eigenvalue weighted by atomic mass is 9.66. The average Bonchev–Trinajstić information content (AvgIpc) is 2.62. The van der Waals surface area contributed by atoms with Crippen molar-refractivity contribution < 1.29 is 9.53 Å². The van der Waals surface area contributed by atoms with E-state index in [9.17, 15) is 4.79 Å². The molecule has 1 N–H and O–H groups in total. The molecule has 1 amide bonds. The Morgan fingerprint density at radius 2 is 2.00 bits per heavy atom. The third kappa shape index (κ3) is 3.96. The van der Waals surface area contributed by atoms with E-state index in [2.05, 4.69) is 16.3 Å². The van der Waals surface area contributed by atoms with Gasteiger partial charge in [-0.3, -0.25) is 4.79 Å². The molecule has 5 nitrogen and oxygen atoms in total. The second-order valence-electron chi connectivity index (χ2n) is 7.27. The number of benzene rings is 1. The molecule has 0 spiro atoms. The van der Waals surface area contributed by atoms with Crippen LogP contribution in [0.1, 0.15) is 44.1 Å². The molecule has 1 aromatic carbocycles. The topological polar surface area (TPSA) is 65.4 Å². The number of carbonyl (C=O) groups is 1. The number of hydrogen-bond donors (Lipinski definition) is 1. The van der Waals surface area contributed by atoms with E-state index in [0.29, 0.717) is 12.2 Å². The number of carbonyl (C=O) groups excluding carboxylic acids is 1. The van der Waals surface area contributed by atoms with Crippen LogP contribution in [0.2, 0.25) is 0 Å². The number of piperidine rings is 1. The first-order chi connectivity index (χ1) is 12.2. The zero-order chi connectivity index (χ0) is 17.7. The van der Waals surface area contributed by atoms with Crippen LogP contribution >= 0.6 is 0 Å². The number of nitriles is 1. The Kier molecular flexibility index (Phi) is 5.60. The molecule has 2 aliphatic rings. The van der Waals surface area contributed by atoms with E-state index in [4.69, 9.17) is 10.00 Å². The molecule has 134 valence electrons. The Morgan fingerprint density at radius 1 is 1.32 bits per heavy atom. The summed E-state index contributed by atoms with van der Waals surface area (Å²) >= 11 is 0. The van der Waals surface area contributed by atoms with Gasteiger partial charge in [0.05, 0.1) is 17.0 Å². The molecule has 0 bridgehead atoms. The van der Waals surface area contributed by atoms with Gasteiger partial charge in [0.2, 0.25) is 5.91 Å². The SMILES string of the molecule is COCCC1(C(=O)NC2CCN(c3ccc(C#N)cc3)CC2)CCC1. The van der Waals surface area contributed by atoms with Crippen molar-refractivity contribution in [1.29, 1.82) is 5.26 Å². The lowest BCUT2D eigenvalue weighted by molar-refractivity contribution is -0.138. The Balaban J connectivity index is 1.50. The van der Waals surface area contributed by atoms with Crippen LogP contribution in [0.5, 0.6) is 0 Å². The zero-order valence-corrected chi connectivity index (χ0v) is 15.0. The maximum absolute atomic E-state index is 12.7. The molecule has 0 radical (unpaired) electrons. The fourth-order valence-electron chi connectivity index (χ4n) is 3.86.